The molecule has 2 rings (SSSR count). The van der Waals surface area contributed by atoms with Gasteiger partial charge in [-0.15, -0.1) is 0 Å². The Balaban J connectivity index is 2.06. The lowest BCUT2D eigenvalue weighted by Crippen LogP contribution is -2.40. The number of aryl methyl sites for hydroxylation is 2. The smallest absolute Gasteiger partial charge is 0.306 e. The molecule has 1 fully saturated rings. The molecule has 2 N–H and O–H groups in total. The number of aromatic nitrogens is 3. The van der Waals surface area contributed by atoms with Gasteiger partial charge in [0.1, 0.15) is 5.82 Å². The fourth-order valence-corrected chi connectivity index (χ4v) is 2.80. The molecule has 0 aromatic carbocycles. The number of hydrogen-bond donors (Lipinski definition) is 2. The van der Waals surface area contributed by atoms with Gasteiger partial charge in [-0.1, -0.05) is 13.8 Å². The van der Waals surface area contributed by atoms with E-state index in [-0.39, 0.29) is 5.92 Å². The molecule has 1 aliphatic rings. The van der Waals surface area contributed by atoms with E-state index >= 15 is 0 Å². The molecule has 1 aromatic rings. The van der Waals surface area contributed by atoms with E-state index in [9.17, 15) is 9.90 Å². The lowest BCUT2D eigenvalue weighted by Gasteiger charge is -2.34. The molecule has 0 atom stereocenters. The second-order valence-corrected chi connectivity index (χ2v) is 5.65. The van der Waals surface area contributed by atoms with E-state index in [1.165, 1.54) is 0 Å². The van der Waals surface area contributed by atoms with Crippen molar-refractivity contribution < 1.29 is 15.0 Å². The van der Waals surface area contributed by atoms with Crippen LogP contribution in [-0.2, 0) is 24.2 Å². The van der Waals surface area contributed by atoms with E-state index < -0.39 is 11.6 Å². The predicted octanol–water partition coefficient (Wildman–Crippen LogP) is 1.41. The second kappa shape index (κ2) is 5.91. The van der Waals surface area contributed by atoms with Crippen molar-refractivity contribution in [1.82, 2.24) is 14.8 Å². The first-order valence-electron chi connectivity index (χ1n) is 7.35. The SMILES string of the molecule is CCc1nc(CC)n(CC2(O)CCC(C(=O)O)CC2)n1. The Bertz CT molecular complexity index is 476. The highest BCUT2D eigenvalue weighted by molar-refractivity contribution is 5.70. The Hall–Kier alpha value is -1.43. The maximum absolute atomic E-state index is 11.0. The molecule has 0 aliphatic heterocycles. The number of aliphatic carboxylic acids is 1. The zero-order chi connectivity index (χ0) is 14.8. The van der Waals surface area contributed by atoms with Crippen molar-refractivity contribution in [2.45, 2.75) is 64.5 Å². The summed E-state index contributed by atoms with van der Waals surface area (Å²) in [5, 5.41) is 24.1. The Kier molecular flexibility index (Phi) is 4.42. The molecular formula is C14H23N3O3. The van der Waals surface area contributed by atoms with Crippen LogP contribution in [0.1, 0.15) is 51.2 Å². The van der Waals surface area contributed by atoms with Crippen LogP contribution in [0.4, 0.5) is 0 Å². The van der Waals surface area contributed by atoms with E-state index in [4.69, 9.17) is 5.11 Å². The number of aliphatic hydroxyl groups is 1. The molecule has 20 heavy (non-hydrogen) atoms. The van der Waals surface area contributed by atoms with Gasteiger partial charge < -0.3 is 10.2 Å². The summed E-state index contributed by atoms with van der Waals surface area (Å²) in [5.74, 6) is 0.610. The molecule has 1 aliphatic carbocycles. The van der Waals surface area contributed by atoms with Crippen molar-refractivity contribution in [3.8, 4) is 0 Å². The van der Waals surface area contributed by atoms with Gasteiger partial charge in [0.05, 0.1) is 18.1 Å². The number of rotatable bonds is 5. The zero-order valence-corrected chi connectivity index (χ0v) is 12.2. The minimum Gasteiger partial charge on any atom is -0.481 e. The normalized spacial score (nSPS) is 26.6. The fourth-order valence-electron chi connectivity index (χ4n) is 2.80. The lowest BCUT2D eigenvalue weighted by atomic mass is 9.79. The van der Waals surface area contributed by atoms with Gasteiger partial charge in [0.2, 0.25) is 0 Å². The van der Waals surface area contributed by atoms with Crippen molar-refractivity contribution in [3.05, 3.63) is 11.6 Å². The van der Waals surface area contributed by atoms with E-state index in [2.05, 4.69) is 10.1 Å². The maximum atomic E-state index is 11.0. The monoisotopic (exact) mass is 281 g/mol. The van der Waals surface area contributed by atoms with Crippen molar-refractivity contribution >= 4 is 5.97 Å². The van der Waals surface area contributed by atoms with Crippen LogP contribution in [0, 0.1) is 5.92 Å². The van der Waals surface area contributed by atoms with Gasteiger partial charge in [-0.2, -0.15) is 5.10 Å². The molecule has 0 amide bonds. The number of carbonyl (C=O) groups is 1. The largest absolute Gasteiger partial charge is 0.481 e. The van der Waals surface area contributed by atoms with Crippen molar-refractivity contribution in [3.63, 3.8) is 0 Å². The average molecular weight is 281 g/mol. The number of nitrogens with zero attached hydrogens (tertiary/aromatic N) is 3. The summed E-state index contributed by atoms with van der Waals surface area (Å²) >= 11 is 0. The Morgan fingerprint density at radius 2 is 2.00 bits per heavy atom. The quantitative estimate of drug-likeness (QED) is 0.852. The molecule has 0 bridgehead atoms. The number of carboxylic acid groups (broad SMARTS) is 1. The summed E-state index contributed by atoms with van der Waals surface area (Å²) in [7, 11) is 0. The molecule has 0 saturated heterocycles. The molecule has 0 unspecified atom stereocenters. The van der Waals surface area contributed by atoms with Gasteiger partial charge in [0.15, 0.2) is 5.82 Å². The molecule has 1 heterocycles. The molecule has 0 radical (unpaired) electrons. The summed E-state index contributed by atoms with van der Waals surface area (Å²) in [5.41, 5.74) is -0.853. The van der Waals surface area contributed by atoms with Gasteiger partial charge >= 0.3 is 5.97 Å². The van der Waals surface area contributed by atoms with Crippen LogP contribution in [0.3, 0.4) is 0 Å². The summed E-state index contributed by atoms with van der Waals surface area (Å²) in [4.78, 5) is 15.4. The van der Waals surface area contributed by atoms with Crippen LogP contribution in [0.2, 0.25) is 0 Å². The first kappa shape index (κ1) is 15.0. The minimum absolute atomic E-state index is 0.317. The Labute approximate surface area is 118 Å². The minimum atomic E-state index is -0.853. The van der Waals surface area contributed by atoms with Crippen molar-refractivity contribution in [2.24, 2.45) is 5.92 Å². The van der Waals surface area contributed by atoms with E-state index in [1.807, 2.05) is 13.8 Å². The summed E-state index contributed by atoms with van der Waals surface area (Å²) in [6.45, 7) is 4.44. The molecule has 0 spiro atoms. The van der Waals surface area contributed by atoms with Crippen LogP contribution in [0.15, 0.2) is 0 Å². The highest BCUT2D eigenvalue weighted by Crippen LogP contribution is 2.33. The third-order valence-electron chi connectivity index (χ3n) is 4.13. The summed E-state index contributed by atoms with van der Waals surface area (Å²) in [6.07, 6.45) is 3.63. The van der Waals surface area contributed by atoms with Crippen LogP contribution in [0.25, 0.3) is 0 Å². The van der Waals surface area contributed by atoms with Crippen LogP contribution >= 0.6 is 0 Å². The van der Waals surface area contributed by atoms with Crippen LogP contribution in [0.5, 0.6) is 0 Å². The third-order valence-corrected chi connectivity index (χ3v) is 4.13. The van der Waals surface area contributed by atoms with Gasteiger partial charge in [-0.05, 0) is 25.7 Å². The van der Waals surface area contributed by atoms with E-state index in [0.717, 1.165) is 24.5 Å². The fraction of sp³-hybridized carbons (Fsp3) is 0.786. The van der Waals surface area contributed by atoms with Gasteiger partial charge in [0.25, 0.3) is 0 Å². The first-order chi connectivity index (χ1) is 9.47. The average Bonchev–Trinajstić information content (AvgIpc) is 2.80. The van der Waals surface area contributed by atoms with Crippen LogP contribution in [-0.4, -0.2) is 36.5 Å². The van der Waals surface area contributed by atoms with E-state index in [1.54, 1.807) is 4.68 Å². The van der Waals surface area contributed by atoms with Gasteiger partial charge in [-0.25, -0.2) is 9.67 Å². The highest BCUT2D eigenvalue weighted by atomic mass is 16.4. The Morgan fingerprint density at radius 1 is 1.35 bits per heavy atom. The molecule has 1 aromatic heterocycles. The van der Waals surface area contributed by atoms with Crippen molar-refractivity contribution in [2.75, 3.05) is 0 Å². The molecule has 1 saturated carbocycles. The predicted molar refractivity (Wildman–Crippen MR) is 73.3 cm³/mol. The number of hydrogen-bond acceptors (Lipinski definition) is 4. The van der Waals surface area contributed by atoms with Gasteiger partial charge in [-0.3, -0.25) is 4.79 Å². The van der Waals surface area contributed by atoms with Crippen LogP contribution < -0.4 is 0 Å². The highest BCUT2D eigenvalue weighted by Gasteiger charge is 2.36. The summed E-state index contributed by atoms with van der Waals surface area (Å²) in [6, 6.07) is 0. The van der Waals surface area contributed by atoms with Crippen molar-refractivity contribution in [1.29, 1.82) is 0 Å². The van der Waals surface area contributed by atoms with Gasteiger partial charge in [0, 0.05) is 12.8 Å². The lowest BCUT2D eigenvalue weighted by molar-refractivity contribution is -0.145. The standard InChI is InChI=1S/C14H23N3O3/c1-3-11-15-12(4-2)17(16-11)9-14(20)7-5-10(6-8-14)13(18)19/h10,20H,3-9H2,1-2H3,(H,18,19). The molecule has 6 heteroatoms. The number of carboxylic acids is 1. The zero-order valence-electron chi connectivity index (χ0n) is 12.2. The maximum Gasteiger partial charge on any atom is 0.306 e. The molecule has 6 nitrogen and oxygen atoms in total. The third kappa shape index (κ3) is 3.17. The molecule has 112 valence electrons. The molecular weight excluding hydrogens is 258 g/mol. The first-order valence-corrected chi connectivity index (χ1v) is 7.35. The second-order valence-electron chi connectivity index (χ2n) is 5.65. The Morgan fingerprint density at radius 3 is 2.50 bits per heavy atom. The summed E-state index contributed by atoms with van der Waals surface area (Å²) < 4.78 is 1.79. The topological polar surface area (TPSA) is 88.2 Å². The van der Waals surface area contributed by atoms with E-state index in [0.29, 0.717) is 32.2 Å².